The van der Waals surface area contributed by atoms with E-state index in [0.717, 1.165) is 36.0 Å². The summed E-state index contributed by atoms with van der Waals surface area (Å²) >= 11 is 6.44. The first-order chi connectivity index (χ1) is 10.2. The van der Waals surface area contributed by atoms with Gasteiger partial charge >= 0.3 is 0 Å². The molecule has 1 saturated heterocycles. The molecule has 1 aliphatic rings. The third-order valence-corrected chi connectivity index (χ3v) is 4.62. The predicted molar refractivity (Wildman–Crippen MR) is 90.2 cm³/mol. The van der Waals surface area contributed by atoms with Gasteiger partial charge in [0.05, 0.1) is 5.02 Å². The van der Waals surface area contributed by atoms with Crippen LogP contribution in [0.1, 0.15) is 32.3 Å². The van der Waals surface area contributed by atoms with Crippen molar-refractivity contribution in [3.05, 3.63) is 22.8 Å². The number of likely N-dealkylation sites (tertiary alicyclic amines) is 1. The van der Waals surface area contributed by atoms with Crippen molar-refractivity contribution in [1.82, 2.24) is 15.2 Å². The average molecular weight is 311 g/mol. The zero-order valence-electron chi connectivity index (χ0n) is 13.4. The molecule has 0 spiro atoms. The fourth-order valence-electron chi connectivity index (χ4n) is 2.89. The highest BCUT2D eigenvalue weighted by Crippen LogP contribution is 2.27. The Morgan fingerprint density at radius 2 is 2.10 bits per heavy atom. The Hall–Kier alpha value is -0.840. The molecule has 0 aliphatic carbocycles. The van der Waals surface area contributed by atoms with Crippen molar-refractivity contribution in [2.75, 3.05) is 38.1 Å². The fourth-order valence-corrected chi connectivity index (χ4v) is 3.21. The topological polar surface area (TPSA) is 31.4 Å². The van der Waals surface area contributed by atoms with E-state index in [-0.39, 0.29) is 0 Å². The highest BCUT2D eigenvalue weighted by Gasteiger charge is 2.23. The van der Waals surface area contributed by atoms with E-state index in [1.165, 1.54) is 25.9 Å². The van der Waals surface area contributed by atoms with E-state index in [4.69, 9.17) is 11.6 Å². The molecule has 0 atom stereocenters. The number of piperidine rings is 1. The predicted octanol–water partition coefficient (Wildman–Crippen LogP) is 2.77. The third-order valence-electron chi connectivity index (χ3n) is 4.34. The third kappa shape index (κ3) is 4.31. The molecular weight excluding hydrogens is 284 g/mol. The van der Waals surface area contributed by atoms with Gasteiger partial charge in [-0.15, -0.1) is 0 Å². The van der Waals surface area contributed by atoms with Gasteiger partial charge in [0, 0.05) is 38.9 Å². The maximum atomic E-state index is 6.44. The molecule has 4 nitrogen and oxygen atoms in total. The van der Waals surface area contributed by atoms with Crippen LogP contribution >= 0.6 is 11.6 Å². The fraction of sp³-hybridized carbons (Fsp3) is 0.688. The molecule has 0 amide bonds. The summed E-state index contributed by atoms with van der Waals surface area (Å²) in [5.74, 6) is 0.909. The van der Waals surface area contributed by atoms with Crippen LogP contribution < -0.4 is 10.2 Å². The summed E-state index contributed by atoms with van der Waals surface area (Å²) in [6, 6.07) is 2.57. The summed E-state index contributed by atoms with van der Waals surface area (Å²) in [5, 5.41) is 4.05. The number of nitrogens with zero attached hydrogens (tertiary/aromatic N) is 3. The Bertz CT molecular complexity index is 444. The van der Waals surface area contributed by atoms with Crippen LogP contribution in [-0.4, -0.2) is 49.2 Å². The summed E-state index contributed by atoms with van der Waals surface area (Å²) < 4.78 is 0. The second kappa shape index (κ2) is 7.97. The number of pyridine rings is 1. The number of nitrogens with one attached hydrogen (secondary N) is 1. The van der Waals surface area contributed by atoms with E-state index in [1.54, 1.807) is 0 Å². The molecule has 0 bridgehead atoms. The molecule has 118 valence electrons. The zero-order valence-corrected chi connectivity index (χ0v) is 14.2. The quantitative estimate of drug-likeness (QED) is 0.875. The van der Waals surface area contributed by atoms with Gasteiger partial charge < -0.3 is 15.1 Å². The molecule has 1 fully saturated rings. The Morgan fingerprint density at radius 1 is 1.38 bits per heavy atom. The second-order valence-corrected chi connectivity index (χ2v) is 6.11. The lowest BCUT2D eigenvalue weighted by Gasteiger charge is -2.37. The highest BCUT2D eigenvalue weighted by atomic mass is 35.5. The molecule has 5 heteroatoms. The van der Waals surface area contributed by atoms with Crippen LogP contribution in [-0.2, 0) is 6.54 Å². The van der Waals surface area contributed by atoms with Crippen molar-refractivity contribution in [1.29, 1.82) is 0 Å². The summed E-state index contributed by atoms with van der Waals surface area (Å²) in [4.78, 5) is 9.34. The van der Waals surface area contributed by atoms with Crippen molar-refractivity contribution in [3.63, 3.8) is 0 Å². The van der Waals surface area contributed by atoms with E-state index in [0.29, 0.717) is 6.04 Å². The monoisotopic (exact) mass is 310 g/mol. The number of rotatable bonds is 6. The lowest BCUT2D eigenvalue weighted by Crippen LogP contribution is -2.43. The first-order valence-electron chi connectivity index (χ1n) is 7.96. The van der Waals surface area contributed by atoms with Crippen LogP contribution in [0.15, 0.2) is 12.3 Å². The van der Waals surface area contributed by atoms with Crippen molar-refractivity contribution in [3.8, 4) is 0 Å². The molecule has 2 heterocycles. The Balaban J connectivity index is 2.00. The molecule has 1 aromatic rings. The number of anilines is 1. The summed E-state index contributed by atoms with van der Waals surface area (Å²) in [5.41, 5.74) is 1.14. The molecule has 2 rings (SSSR count). The lowest BCUT2D eigenvalue weighted by molar-refractivity contribution is 0.220. The Kier molecular flexibility index (Phi) is 6.27. The van der Waals surface area contributed by atoms with E-state index in [2.05, 4.69) is 41.0 Å². The maximum Gasteiger partial charge on any atom is 0.147 e. The van der Waals surface area contributed by atoms with Gasteiger partial charge in [0.2, 0.25) is 0 Å². The van der Waals surface area contributed by atoms with E-state index in [9.17, 15) is 0 Å². The molecular formula is C16H27ClN4. The molecule has 1 N–H and O–H groups in total. The zero-order chi connectivity index (χ0) is 15.2. The van der Waals surface area contributed by atoms with E-state index < -0.39 is 0 Å². The molecule has 1 aromatic heterocycles. The highest BCUT2D eigenvalue weighted by molar-refractivity contribution is 6.33. The van der Waals surface area contributed by atoms with Crippen LogP contribution in [0.2, 0.25) is 5.02 Å². The standard InChI is InChI=1S/C16H27ClN4/c1-4-18-11-13-10-15(17)16(19-12-13)20(3)14-6-8-21(5-2)9-7-14/h10,12,14,18H,4-9,11H2,1-3H3. The summed E-state index contributed by atoms with van der Waals surface area (Å²) in [6.07, 6.45) is 4.30. The summed E-state index contributed by atoms with van der Waals surface area (Å²) in [7, 11) is 2.12. The minimum atomic E-state index is 0.539. The van der Waals surface area contributed by atoms with Gasteiger partial charge in [0.1, 0.15) is 5.82 Å². The number of hydrogen-bond donors (Lipinski definition) is 1. The molecule has 0 radical (unpaired) electrons. The molecule has 0 unspecified atom stereocenters. The summed E-state index contributed by atoms with van der Waals surface area (Å²) in [6.45, 7) is 9.58. The molecule has 0 aromatic carbocycles. The Morgan fingerprint density at radius 3 is 2.67 bits per heavy atom. The van der Waals surface area contributed by atoms with Crippen LogP contribution in [0.5, 0.6) is 0 Å². The van der Waals surface area contributed by atoms with Crippen LogP contribution in [0.25, 0.3) is 0 Å². The van der Waals surface area contributed by atoms with Gasteiger partial charge in [-0.05, 0) is 37.6 Å². The van der Waals surface area contributed by atoms with Crippen LogP contribution in [0.4, 0.5) is 5.82 Å². The minimum absolute atomic E-state index is 0.539. The first kappa shape index (κ1) is 16.5. The lowest BCUT2D eigenvalue weighted by atomic mass is 10.0. The van der Waals surface area contributed by atoms with Crippen molar-refractivity contribution in [2.24, 2.45) is 0 Å². The van der Waals surface area contributed by atoms with Gasteiger partial charge in [-0.1, -0.05) is 25.4 Å². The van der Waals surface area contributed by atoms with Crippen LogP contribution in [0.3, 0.4) is 0 Å². The molecule has 1 aliphatic heterocycles. The maximum absolute atomic E-state index is 6.44. The van der Waals surface area contributed by atoms with E-state index in [1.807, 2.05) is 12.3 Å². The second-order valence-electron chi connectivity index (χ2n) is 5.71. The molecule has 0 saturated carbocycles. The van der Waals surface area contributed by atoms with Gasteiger partial charge in [0.25, 0.3) is 0 Å². The smallest absolute Gasteiger partial charge is 0.147 e. The number of hydrogen-bond acceptors (Lipinski definition) is 4. The number of halogens is 1. The van der Waals surface area contributed by atoms with Crippen molar-refractivity contribution >= 4 is 17.4 Å². The number of aromatic nitrogens is 1. The average Bonchev–Trinajstić information content (AvgIpc) is 2.52. The SMILES string of the molecule is CCNCc1cnc(N(C)C2CCN(CC)CC2)c(Cl)c1. The first-order valence-corrected chi connectivity index (χ1v) is 8.33. The minimum Gasteiger partial charge on any atom is -0.355 e. The van der Waals surface area contributed by atoms with Crippen molar-refractivity contribution < 1.29 is 0 Å². The van der Waals surface area contributed by atoms with E-state index >= 15 is 0 Å². The largest absolute Gasteiger partial charge is 0.355 e. The van der Waals surface area contributed by atoms with Crippen LogP contribution in [0, 0.1) is 0 Å². The van der Waals surface area contributed by atoms with Gasteiger partial charge in [-0.25, -0.2) is 4.98 Å². The normalized spacial score (nSPS) is 17.1. The van der Waals surface area contributed by atoms with Gasteiger partial charge in [-0.3, -0.25) is 0 Å². The Labute approximate surface area is 133 Å². The molecule has 21 heavy (non-hydrogen) atoms. The van der Waals surface area contributed by atoms with Gasteiger partial charge in [-0.2, -0.15) is 0 Å². The van der Waals surface area contributed by atoms with Crippen molar-refractivity contribution in [2.45, 2.75) is 39.3 Å². The van der Waals surface area contributed by atoms with Gasteiger partial charge in [0.15, 0.2) is 0 Å².